The number of likely N-dealkylation sites (N-methyl/N-ethyl adjacent to an activating group) is 1. The molecule has 19 heavy (non-hydrogen) atoms. The van der Waals surface area contributed by atoms with Crippen LogP contribution in [0.1, 0.15) is 24.8 Å². The maximum atomic E-state index is 11.6. The van der Waals surface area contributed by atoms with E-state index in [1.54, 1.807) is 16.2 Å². The van der Waals surface area contributed by atoms with E-state index in [0.717, 1.165) is 45.4 Å². The second-order valence-electron chi connectivity index (χ2n) is 5.67. The maximum Gasteiger partial charge on any atom is 0.410 e. The highest BCUT2D eigenvalue weighted by molar-refractivity contribution is 7.07. The number of hydrogen-bond donors (Lipinski definition) is 0. The molecule has 3 rings (SSSR count). The lowest BCUT2D eigenvalue weighted by atomic mass is 9.95. The first kappa shape index (κ1) is 12.9. The molecule has 2 saturated heterocycles. The van der Waals surface area contributed by atoms with Gasteiger partial charge in [-0.2, -0.15) is 11.3 Å². The highest BCUT2D eigenvalue weighted by atomic mass is 32.1. The highest BCUT2D eigenvalue weighted by Gasteiger charge is 2.44. The lowest BCUT2D eigenvalue weighted by Crippen LogP contribution is -2.35. The van der Waals surface area contributed by atoms with Crippen molar-refractivity contribution >= 4 is 17.4 Å². The van der Waals surface area contributed by atoms with Crippen LogP contribution in [0.2, 0.25) is 0 Å². The second-order valence-corrected chi connectivity index (χ2v) is 6.45. The third kappa shape index (κ3) is 2.77. The Bertz CT molecular complexity index is 448. The fourth-order valence-corrected chi connectivity index (χ4v) is 3.73. The molecule has 0 radical (unpaired) electrons. The molecule has 2 aliphatic rings. The molecule has 1 amide bonds. The summed E-state index contributed by atoms with van der Waals surface area (Å²) in [6.07, 6.45) is 2.88. The van der Waals surface area contributed by atoms with Crippen LogP contribution in [0.15, 0.2) is 16.8 Å². The van der Waals surface area contributed by atoms with Gasteiger partial charge in [0.05, 0.1) is 6.54 Å². The Kier molecular flexibility index (Phi) is 3.50. The first-order valence-corrected chi connectivity index (χ1v) is 7.79. The molecule has 1 atom stereocenters. The topological polar surface area (TPSA) is 32.8 Å². The number of rotatable bonds is 2. The molecule has 104 valence electrons. The summed E-state index contributed by atoms with van der Waals surface area (Å²) in [5, 5.41) is 4.34. The van der Waals surface area contributed by atoms with Crippen LogP contribution < -0.4 is 0 Å². The predicted molar refractivity (Wildman–Crippen MR) is 75.3 cm³/mol. The SMILES string of the molecule is CN1CC2(CCCN(Cc3ccsc3)CC2)OC1=O. The first-order valence-electron chi connectivity index (χ1n) is 6.84. The zero-order chi connectivity index (χ0) is 13.3. The molecule has 3 heterocycles. The number of nitrogens with zero attached hydrogens (tertiary/aromatic N) is 2. The lowest BCUT2D eigenvalue weighted by molar-refractivity contribution is 0.0443. The van der Waals surface area contributed by atoms with E-state index in [2.05, 4.69) is 21.7 Å². The Hall–Kier alpha value is -1.07. The summed E-state index contributed by atoms with van der Waals surface area (Å²) >= 11 is 1.75. The molecule has 0 saturated carbocycles. The number of thiophene rings is 1. The minimum absolute atomic E-state index is 0.161. The quantitative estimate of drug-likeness (QED) is 0.834. The molecule has 4 nitrogen and oxygen atoms in total. The molecule has 0 bridgehead atoms. The van der Waals surface area contributed by atoms with Crippen LogP contribution in [0, 0.1) is 0 Å². The van der Waals surface area contributed by atoms with Crippen molar-refractivity contribution in [3.8, 4) is 0 Å². The molecule has 1 aromatic heterocycles. The van der Waals surface area contributed by atoms with Gasteiger partial charge in [0.1, 0.15) is 5.60 Å². The van der Waals surface area contributed by atoms with E-state index < -0.39 is 0 Å². The summed E-state index contributed by atoms with van der Waals surface area (Å²) in [6, 6.07) is 2.19. The van der Waals surface area contributed by atoms with Crippen LogP contribution in [0.25, 0.3) is 0 Å². The van der Waals surface area contributed by atoms with Gasteiger partial charge in [0.25, 0.3) is 0 Å². The summed E-state index contributed by atoms with van der Waals surface area (Å²) in [5.74, 6) is 0. The molecule has 0 aromatic carbocycles. The van der Waals surface area contributed by atoms with Crippen LogP contribution in [0.4, 0.5) is 4.79 Å². The molecule has 1 aromatic rings. The van der Waals surface area contributed by atoms with Crippen molar-refractivity contribution in [1.29, 1.82) is 0 Å². The molecule has 1 unspecified atom stereocenters. The Balaban J connectivity index is 1.61. The van der Waals surface area contributed by atoms with Gasteiger partial charge in [-0.15, -0.1) is 0 Å². The van der Waals surface area contributed by atoms with Crippen LogP contribution in [0.5, 0.6) is 0 Å². The van der Waals surface area contributed by atoms with E-state index in [1.165, 1.54) is 5.56 Å². The van der Waals surface area contributed by atoms with Gasteiger partial charge in [-0.05, 0) is 41.8 Å². The predicted octanol–water partition coefficient (Wildman–Crippen LogP) is 2.55. The number of likely N-dealkylation sites (tertiary alicyclic amines) is 1. The van der Waals surface area contributed by atoms with Crippen molar-refractivity contribution < 1.29 is 9.53 Å². The van der Waals surface area contributed by atoms with Gasteiger partial charge in [0, 0.05) is 26.6 Å². The van der Waals surface area contributed by atoms with Crippen LogP contribution >= 0.6 is 11.3 Å². The molecular weight excluding hydrogens is 260 g/mol. The summed E-state index contributed by atoms with van der Waals surface area (Å²) in [7, 11) is 1.82. The van der Waals surface area contributed by atoms with Gasteiger partial charge < -0.3 is 9.64 Å². The van der Waals surface area contributed by atoms with Crippen molar-refractivity contribution in [2.24, 2.45) is 0 Å². The van der Waals surface area contributed by atoms with Gasteiger partial charge in [-0.1, -0.05) is 0 Å². The molecule has 1 spiro atoms. The Morgan fingerprint density at radius 1 is 1.42 bits per heavy atom. The second kappa shape index (κ2) is 5.13. The molecule has 2 fully saturated rings. The van der Waals surface area contributed by atoms with Crippen molar-refractivity contribution in [1.82, 2.24) is 9.80 Å². The van der Waals surface area contributed by atoms with E-state index in [0.29, 0.717) is 0 Å². The largest absolute Gasteiger partial charge is 0.441 e. The van der Waals surface area contributed by atoms with E-state index in [9.17, 15) is 4.79 Å². The van der Waals surface area contributed by atoms with Crippen molar-refractivity contribution in [2.75, 3.05) is 26.7 Å². The van der Waals surface area contributed by atoms with Crippen molar-refractivity contribution in [2.45, 2.75) is 31.4 Å². The summed E-state index contributed by atoms with van der Waals surface area (Å²) in [4.78, 5) is 15.8. The fraction of sp³-hybridized carbons (Fsp3) is 0.643. The zero-order valence-corrected chi connectivity index (χ0v) is 12.1. The average molecular weight is 280 g/mol. The Morgan fingerprint density at radius 3 is 3.00 bits per heavy atom. The maximum absolute atomic E-state index is 11.6. The van der Waals surface area contributed by atoms with Crippen molar-refractivity contribution in [3.05, 3.63) is 22.4 Å². The first-order chi connectivity index (χ1) is 9.17. The van der Waals surface area contributed by atoms with Gasteiger partial charge >= 0.3 is 6.09 Å². The van der Waals surface area contributed by atoms with Crippen LogP contribution in [-0.4, -0.2) is 48.2 Å². The smallest absolute Gasteiger partial charge is 0.410 e. The summed E-state index contributed by atoms with van der Waals surface area (Å²) in [5.41, 5.74) is 1.16. The van der Waals surface area contributed by atoms with Gasteiger partial charge in [-0.3, -0.25) is 4.90 Å². The summed E-state index contributed by atoms with van der Waals surface area (Å²) < 4.78 is 5.63. The number of ether oxygens (including phenoxy) is 1. The lowest BCUT2D eigenvalue weighted by Gasteiger charge is -2.25. The normalized spacial score (nSPS) is 28.7. The molecular formula is C14H20N2O2S. The number of amides is 1. The molecule has 0 N–H and O–H groups in total. The Labute approximate surface area is 118 Å². The minimum atomic E-state index is -0.227. The monoisotopic (exact) mass is 280 g/mol. The number of hydrogen-bond acceptors (Lipinski definition) is 4. The minimum Gasteiger partial charge on any atom is -0.441 e. The van der Waals surface area contributed by atoms with Gasteiger partial charge in [0.2, 0.25) is 0 Å². The standard InChI is InChI=1S/C14H20N2O2S/c1-15-11-14(18-13(15)17)4-2-6-16(7-5-14)9-12-3-8-19-10-12/h3,8,10H,2,4-7,9,11H2,1H3. The number of carbonyl (C=O) groups excluding carboxylic acids is 1. The molecule has 2 aliphatic heterocycles. The van der Waals surface area contributed by atoms with Crippen molar-refractivity contribution in [3.63, 3.8) is 0 Å². The molecule has 5 heteroatoms. The van der Waals surface area contributed by atoms with E-state index in [-0.39, 0.29) is 11.7 Å². The van der Waals surface area contributed by atoms with E-state index >= 15 is 0 Å². The van der Waals surface area contributed by atoms with Crippen LogP contribution in [-0.2, 0) is 11.3 Å². The summed E-state index contributed by atoms with van der Waals surface area (Å²) in [6.45, 7) is 3.87. The third-order valence-electron chi connectivity index (χ3n) is 4.12. The molecule has 0 aliphatic carbocycles. The fourth-order valence-electron chi connectivity index (χ4n) is 3.07. The van der Waals surface area contributed by atoms with Crippen LogP contribution in [0.3, 0.4) is 0 Å². The Morgan fingerprint density at radius 2 is 2.32 bits per heavy atom. The zero-order valence-electron chi connectivity index (χ0n) is 11.3. The van der Waals surface area contributed by atoms with E-state index in [4.69, 9.17) is 4.74 Å². The average Bonchev–Trinajstić information content (AvgIpc) is 2.91. The third-order valence-corrected chi connectivity index (χ3v) is 4.85. The number of carbonyl (C=O) groups is 1. The van der Waals surface area contributed by atoms with E-state index in [1.807, 2.05) is 7.05 Å². The highest BCUT2D eigenvalue weighted by Crippen LogP contribution is 2.32. The van der Waals surface area contributed by atoms with Gasteiger partial charge in [-0.25, -0.2) is 4.79 Å². The van der Waals surface area contributed by atoms with Gasteiger partial charge in [0.15, 0.2) is 0 Å².